The maximum absolute atomic E-state index is 13.4. The number of benzene rings is 2. The lowest BCUT2D eigenvalue weighted by Gasteiger charge is -2.17. The van der Waals surface area contributed by atoms with E-state index in [1.807, 2.05) is 0 Å². The number of halogens is 3. The van der Waals surface area contributed by atoms with Crippen LogP contribution in [0.25, 0.3) is 22.2 Å². The van der Waals surface area contributed by atoms with Crippen LogP contribution in [0.4, 0.5) is 19.0 Å². The molecule has 2 aromatic heterocycles. The SMILES string of the molecule is CN(CCNc1cnc2cc(F)c(F)cc2n1)C(=O)c1nn(C)cc1-c1ccc(F)cc1. The number of nitrogens with zero attached hydrogens (tertiary/aromatic N) is 5. The summed E-state index contributed by atoms with van der Waals surface area (Å²) in [6.07, 6.45) is 3.12. The standard InChI is InChI=1S/C22H19F3N6O/c1-30(8-7-26-20-11-27-18-9-16(24)17(25)10-19(18)28-20)22(32)21-15(12-31(2)29-21)13-3-5-14(23)6-4-13/h3-6,9-12H,7-8H2,1-2H3,(H,26,28). The minimum Gasteiger partial charge on any atom is -0.367 e. The van der Waals surface area contributed by atoms with Crippen LogP contribution in [0.2, 0.25) is 0 Å². The summed E-state index contributed by atoms with van der Waals surface area (Å²) >= 11 is 0. The summed E-state index contributed by atoms with van der Waals surface area (Å²) < 4.78 is 41.5. The number of aryl methyl sites for hydroxylation is 1. The van der Waals surface area contributed by atoms with Crippen LogP contribution >= 0.6 is 0 Å². The van der Waals surface area contributed by atoms with Crippen LogP contribution in [-0.4, -0.2) is 50.7 Å². The molecular weight excluding hydrogens is 421 g/mol. The Morgan fingerprint density at radius 3 is 2.50 bits per heavy atom. The third-order valence-corrected chi connectivity index (χ3v) is 4.87. The van der Waals surface area contributed by atoms with Crippen molar-refractivity contribution in [2.75, 3.05) is 25.5 Å². The molecule has 164 valence electrons. The fourth-order valence-electron chi connectivity index (χ4n) is 3.21. The molecule has 10 heteroatoms. The van der Waals surface area contributed by atoms with Gasteiger partial charge in [-0.2, -0.15) is 5.10 Å². The van der Waals surface area contributed by atoms with E-state index in [0.717, 1.165) is 12.1 Å². The zero-order valence-corrected chi connectivity index (χ0v) is 17.3. The van der Waals surface area contributed by atoms with Crippen LogP contribution in [0.15, 0.2) is 48.8 Å². The topological polar surface area (TPSA) is 75.9 Å². The van der Waals surface area contributed by atoms with E-state index in [2.05, 4.69) is 20.4 Å². The number of hydrogen-bond acceptors (Lipinski definition) is 5. The molecule has 1 amide bonds. The van der Waals surface area contributed by atoms with Gasteiger partial charge >= 0.3 is 0 Å². The number of aromatic nitrogens is 4. The normalized spacial score (nSPS) is 11.0. The zero-order chi connectivity index (χ0) is 22.8. The van der Waals surface area contributed by atoms with Gasteiger partial charge in [0, 0.05) is 51.1 Å². The Balaban J connectivity index is 1.43. The van der Waals surface area contributed by atoms with Crippen LogP contribution < -0.4 is 5.32 Å². The van der Waals surface area contributed by atoms with Gasteiger partial charge in [0.1, 0.15) is 11.6 Å². The number of carbonyl (C=O) groups is 1. The summed E-state index contributed by atoms with van der Waals surface area (Å²) in [6, 6.07) is 7.82. The largest absolute Gasteiger partial charge is 0.367 e. The molecule has 7 nitrogen and oxygen atoms in total. The molecule has 32 heavy (non-hydrogen) atoms. The summed E-state index contributed by atoms with van der Waals surface area (Å²) in [5.74, 6) is -2.27. The number of carbonyl (C=O) groups excluding carboxylic acids is 1. The molecule has 0 saturated carbocycles. The molecule has 1 N–H and O–H groups in total. The first kappa shape index (κ1) is 21.3. The Labute approximate surface area is 181 Å². The molecule has 0 aliphatic rings. The summed E-state index contributed by atoms with van der Waals surface area (Å²) in [5.41, 5.74) is 2.00. The highest BCUT2D eigenvalue weighted by Gasteiger charge is 2.21. The monoisotopic (exact) mass is 440 g/mol. The minimum atomic E-state index is -0.999. The molecule has 0 spiro atoms. The van der Waals surface area contributed by atoms with Crippen molar-refractivity contribution in [2.24, 2.45) is 7.05 Å². The second-order valence-corrected chi connectivity index (χ2v) is 7.24. The highest BCUT2D eigenvalue weighted by Crippen LogP contribution is 2.24. The maximum atomic E-state index is 13.4. The van der Waals surface area contributed by atoms with Crippen LogP contribution in [0.3, 0.4) is 0 Å². The Kier molecular flexibility index (Phi) is 5.76. The van der Waals surface area contributed by atoms with Crippen molar-refractivity contribution >= 4 is 22.8 Å². The maximum Gasteiger partial charge on any atom is 0.274 e. The molecule has 0 radical (unpaired) electrons. The lowest BCUT2D eigenvalue weighted by molar-refractivity contribution is 0.0794. The van der Waals surface area contributed by atoms with Crippen molar-refractivity contribution < 1.29 is 18.0 Å². The van der Waals surface area contributed by atoms with E-state index in [4.69, 9.17) is 0 Å². The Morgan fingerprint density at radius 2 is 1.78 bits per heavy atom. The number of fused-ring (bicyclic) bond motifs is 1. The Hall–Kier alpha value is -3.95. The van der Waals surface area contributed by atoms with Crippen LogP contribution in [0.5, 0.6) is 0 Å². The number of nitrogens with one attached hydrogen (secondary N) is 1. The van der Waals surface area contributed by atoms with E-state index in [9.17, 15) is 18.0 Å². The number of hydrogen-bond donors (Lipinski definition) is 1. The number of amides is 1. The van der Waals surface area contributed by atoms with Crippen molar-refractivity contribution in [3.63, 3.8) is 0 Å². The van der Waals surface area contributed by atoms with Crippen molar-refractivity contribution in [1.29, 1.82) is 0 Å². The summed E-state index contributed by atoms with van der Waals surface area (Å²) in [5, 5.41) is 7.28. The molecule has 0 aliphatic carbocycles. The second kappa shape index (κ2) is 8.66. The fourth-order valence-corrected chi connectivity index (χ4v) is 3.21. The molecule has 4 rings (SSSR count). The molecule has 0 aliphatic heterocycles. The average Bonchev–Trinajstić information content (AvgIpc) is 3.16. The lowest BCUT2D eigenvalue weighted by Crippen LogP contribution is -2.32. The molecule has 2 heterocycles. The van der Waals surface area contributed by atoms with E-state index >= 15 is 0 Å². The smallest absolute Gasteiger partial charge is 0.274 e. The van der Waals surface area contributed by atoms with E-state index in [-0.39, 0.29) is 28.5 Å². The first-order valence-electron chi connectivity index (χ1n) is 9.72. The second-order valence-electron chi connectivity index (χ2n) is 7.24. The number of rotatable bonds is 6. The van der Waals surface area contributed by atoms with Gasteiger partial charge in [-0.3, -0.25) is 14.5 Å². The van der Waals surface area contributed by atoms with E-state index in [0.29, 0.717) is 30.0 Å². The van der Waals surface area contributed by atoms with Gasteiger partial charge in [0.2, 0.25) is 0 Å². The van der Waals surface area contributed by atoms with Gasteiger partial charge in [-0.15, -0.1) is 0 Å². The van der Waals surface area contributed by atoms with Gasteiger partial charge in [-0.25, -0.2) is 18.2 Å². The quantitative estimate of drug-likeness (QED) is 0.496. The van der Waals surface area contributed by atoms with Gasteiger partial charge in [-0.05, 0) is 17.7 Å². The Bertz CT molecular complexity index is 1290. The van der Waals surface area contributed by atoms with E-state index in [1.165, 1.54) is 27.9 Å². The first-order valence-corrected chi connectivity index (χ1v) is 9.72. The van der Waals surface area contributed by atoms with Gasteiger partial charge < -0.3 is 10.2 Å². The molecule has 0 bridgehead atoms. The Morgan fingerprint density at radius 1 is 1.09 bits per heavy atom. The molecule has 0 atom stereocenters. The number of likely N-dealkylation sites (N-methyl/N-ethyl adjacent to an activating group) is 1. The molecule has 0 unspecified atom stereocenters. The van der Waals surface area contributed by atoms with Crippen molar-refractivity contribution in [2.45, 2.75) is 0 Å². The van der Waals surface area contributed by atoms with E-state index in [1.54, 1.807) is 32.4 Å². The van der Waals surface area contributed by atoms with Crippen LogP contribution in [0.1, 0.15) is 10.5 Å². The van der Waals surface area contributed by atoms with Gasteiger partial charge in [0.05, 0.1) is 17.2 Å². The zero-order valence-electron chi connectivity index (χ0n) is 17.3. The molecule has 2 aromatic carbocycles. The summed E-state index contributed by atoms with van der Waals surface area (Å²) in [6.45, 7) is 0.653. The summed E-state index contributed by atoms with van der Waals surface area (Å²) in [4.78, 5) is 22.7. The lowest BCUT2D eigenvalue weighted by atomic mass is 10.1. The predicted molar refractivity (Wildman–Crippen MR) is 114 cm³/mol. The molecule has 4 aromatic rings. The fraction of sp³-hybridized carbons (Fsp3) is 0.182. The van der Waals surface area contributed by atoms with Gasteiger partial charge in [0.15, 0.2) is 17.3 Å². The molecular formula is C22H19F3N6O. The molecule has 0 saturated heterocycles. The van der Waals surface area contributed by atoms with Crippen molar-refractivity contribution in [1.82, 2.24) is 24.6 Å². The third kappa shape index (κ3) is 4.39. The number of anilines is 1. The van der Waals surface area contributed by atoms with Crippen LogP contribution in [-0.2, 0) is 7.05 Å². The van der Waals surface area contributed by atoms with E-state index < -0.39 is 11.6 Å². The van der Waals surface area contributed by atoms with Crippen LogP contribution in [0, 0.1) is 17.5 Å². The van der Waals surface area contributed by atoms with Gasteiger partial charge in [0.25, 0.3) is 5.91 Å². The first-order chi connectivity index (χ1) is 15.3. The highest BCUT2D eigenvalue weighted by atomic mass is 19.2. The molecule has 0 fully saturated rings. The average molecular weight is 440 g/mol. The van der Waals surface area contributed by atoms with Gasteiger partial charge in [-0.1, -0.05) is 12.1 Å². The van der Waals surface area contributed by atoms with Crippen molar-refractivity contribution in [3.05, 3.63) is 71.9 Å². The predicted octanol–water partition coefficient (Wildman–Crippen LogP) is 3.63. The third-order valence-electron chi connectivity index (χ3n) is 4.87. The minimum absolute atomic E-state index is 0.218. The van der Waals surface area contributed by atoms with Crippen molar-refractivity contribution in [3.8, 4) is 11.1 Å². The highest BCUT2D eigenvalue weighted by molar-refractivity contribution is 5.98. The summed E-state index contributed by atoms with van der Waals surface area (Å²) in [7, 11) is 3.34.